The first-order valence-corrected chi connectivity index (χ1v) is 5.74. The molecule has 1 fully saturated rings. The highest BCUT2D eigenvalue weighted by Gasteiger charge is 2.56. The summed E-state index contributed by atoms with van der Waals surface area (Å²) in [5.41, 5.74) is 4.49. The number of alkyl halides is 2. The summed E-state index contributed by atoms with van der Waals surface area (Å²) >= 11 is 5.69. The van der Waals surface area contributed by atoms with Gasteiger partial charge in [-0.25, -0.2) is 8.78 Å². The standard InChI is InChI=1S/C12H14ClF2N/c13-10-4-2-9(3-5-10)12(14,15)11(8-16)6-1-7-11/h2-5H,1,6-8,16H2. The van der Waals surface area contributed by atoms with Gasteiger partial charge in [-0.15, -0.1) is 0 Å². The van der Waals surface area contributed by atoms with Crippen molar-refractivity contribution in [3.8, 4) is 0 Å². The van der Waals surface area contributed by atoms with E-state index in [-0.39, 0.29) is 12.1 Å². The van der Waals surface area contributed by atoms with Crippen molar-refractivity contribution in [1.29, 1.82) is 0 Å². The molecule has 1 aromatic carbocycles. The van der Waals surface area contributed by atoms with E-state index >= 15 is 0 Å². The highest BCUT2D eigenvalue weighted by Crippen LogP contribution is 2.56. The second-order valence-corrected chi connectivity index (χ2v) is 4.86. The van der Waals surface area contributed by atoms with Crippen molar-refractivity contribution < 1.29 is 8.78 Å². The maximum Gasteiger partial charge on any atom is 0.279 e. The lowest BCUT2D eigenvalue weighted by atomic mass is 9.63. The molecule has 0 heterocycles. The van der Waals surface area contributed by atoms with Crippen LogP contribution in [0.15, 0.2) is 24.3 Å². The van der Waals surface area contributed by atoms with Crippen LogP contribution in [0.4, 0.5) is 8.78 Å². The molecule has 2 rings (SSSR count). The van der Waals surface area contributed by atoms with Crippen molar-refractivity contribution in [3.63, 3.8) is 0 Å². The van der Waals surface area contributed by atoms with Crippen LogP contribution >= 0.6 is 11.6 Å². The molecule has 1 aliphatic rings. The molecule has 1 aliphatic carbocycles. The predicted molar refractivity (Wildman–Crippen MR) is 60.7 cm³/mol. The van der Waals surface area contributed by atoms with Gasteiger partial charge in [0.15, 0.2) is 0 Å². The van der Waals surface area contributed by atoms with Crippen LogP contribution in [0.1, 0.15) is 24.8 Å². The van der Waals surface area contributed by atoms with Gasteiger partial charge in [-0.2, -0.15) is 0 Å². The van der Waals surface area contributed by atoms with Crippen molar-refractivity contribution in [2.45, 2.75) is 25.2 Å². The van der Waals surface area contributed by atoms with Crippen LogP contribution in [0.2, 0.25) is 5.02 Å². The molecule has 0 aromatic heterocycles. The van der Waals surface area contributed by atoms with Gasteiger partial charge in [0.25, 0.3) is 5.92 Å². The minimum absolute atomic E-state index is 0.0158. The van der Waals surface area contributed by atoms with E-state index in [4.69, 9.17) is 17.3 Å². The fourth-order valence-electron chi connectivity index (χ4n) is 2.22. The maximum absolute atomic E-state index is 14.3. The minimum Gasteiger partial charge on any atom is -0.330 e. The highest BCUT2D eigenvalue weighted by molar-refractivity contribution is 6.30. The number of benzene rings is 1. The zero-order valence-corrected chi connectivity index (χ0v) is 9.61. The molecular weight excluding hydrogens is 232 g/mol. The molecule has 1 saturated carbocycles. The normalized spacial score (nSPS) is 19.2. The molecule has 0 saturated heterocycles. The Labute approximate surface area is 98.6 Å². The van der Waals surface area contributed by atoms with Crippen LogP contribution < -0.4 is 5.73 Å². The van der Waals surface area contributed by atoms with E-state index in [9.17, 15) is 8.78 Å². The van der Waals surface area contributed by atoms with Gasteiger partial charge in [-0.3, -0.25) is 0 Å². The van der Waals surface area contributed by atoms with Gasteiger partial charge < -0.3 is 5.73 Å². The molecule has 16 heavy (non-hydrogen) atoms. The Morgan fingerprint density at radius 2 is 1.81 bits per heavy atom. The van der Waals surface area contributed by atoms with Crippen LogP contribution in [0.5, 0.6) is 0 Å². The summed E-state index contributed by atoms with van der Waals surface area (Å²) < 4.78 is 28.5. The fraction of sp³-hybridized carbons (Fsp3) is 0.500. The fourth-order valence-corrected chi connectivity index (χ4v) is 2.34. The molecule has 0 atom stereocenters. The molecule has 88 valence electrons. The summed E-state index contributed by atoms with van der Waals surface area (Å²) in [5.74, 6) is -2.86. The topological polar surface area (TPSA) is 26.0 Å². The van der Waals surface area contributed by atoms with E-state index < -0.39 is 11.3 Å². The summed E-state index contributed by atoms with van der Waals surface area (Å²) in [7, 11) is 0. The second-order valence-electron chi connectivity index (χ2n) is 4.42. The molecule has 1 nitrogen and oxygen atoms in total. The third-order valence-corrected chi connectivity index (χ3v) is 3.83. The van der Waals surface area contributed by atoms with Crippen LogP contribution in [-0.4, -0.2) is 6.54 Å². The van der Waals surface area contributed by atoms with Gasteiger partial charge in [-0.1, -0.05) is 30.2 Å². The van der Waals surface area contributed by atoms with Crippen molar-refractivity contribution in [1.82, 2.24) is 0 Å². The molecule has 4 heteroatoms. The maximum atomic E-state index is 14.3. The minimum atomic E-state index is -2.86. The first-order valence-electron chi connectivity index (χ1n) is 5.36. The van der Waals surface area contributed by atoms with Crippen LogP contribution in [0.3, 0.4) is 0 Å². The molecule has 2 N–H and O–H groups in total. The lowest BCUT2D eigenvalue weighted by Gasteiger charge is -2.46. The summed E-state index contributed by atoms with van der Waals surface area (Å²) in [6.07, 6.45) is 1.83. The number of halogens is 3. The molecule has 1 aromatic rings. The Kier molecular flexibility index (Phi) is 2.93. The zero-order chi connectivity index (χ0) is 11.8. The lowest BCUT2D eigenvalue weighted by Crippen LogP contribution is -2.49. The lowest BCUT2D eigenvalue weighted by molar-refractivity contribution is -0.164. The summed E-state index contributed by atoms with van der Waals surface area (Å²) in [4.78, 5) is 0. The molecule has 0 aliphatic heterocycles. The number of rotatable bonds is 3. The summed E-state index contributed by atoms with van der Waals surface area (Å²) in [6, 6.07) is 5.76. The van der Waals surface area contributed by atoms with Crippen molar-refractivity contribution in [2.24, 2.45) is 11.1 Å². The van der Waals surface area contributed by atoms with Gasteiger partial charge in [0.1, 0.15) is 0 Å². The summed E-state index contributed by atoms with van der Waals surface area (Å²) in [5, 5.41) is 0.468. The average molecular weight is 246 g/mol. The van der Waals surface area contributed by atoms with E-state index in [1.807, 2.05) is 0 Å². The van der Waals surface area contributed by atoms with Gasteiger partial charge in [0.05, 0.1) is 5.41 Å². The quantitative estimate of drug-likeness (QED) is 0.866. The van der Waals surface area contributed by atoms with Crippen LogP contribution in [0, 0.1) is 5.41 Å². The Morgan fingerprint density at radius 3 is 2.19 bits per heavy atom. The van der Waals surface area contributed by atoms with Crippen LogP contribution in [-0.2, 0) is 5.92 Å². The first kappa shape index (κ1) is 11.8. The monoisotopic (exact) mass is 245 g/mol. The third-order valence-electron chi connectivity index (χ3n) is 3.57. The molecule has 0 radical (unpaired) electrons. The van der Waals surface area contributed by atoms with Crippen molar-refractivity contribution in [3.05, 3.63) is 34.9 Å². The van der Waals surface area contributed by atoms with Gasteiger partial charge >= 0.3 is 0 Å². The van der Waals surface area contributed by atoms with E-state index in [2.05, 4.69) is 0 Å². The highest BCUT2D eigenvalue weighted by atomic mass is 35.5. The molecule has 0 unspecified atom stereocenters. The van der Waals surface area contributed by atoms with Crippen molar-refractivity contribution >= 4 is 11.6 Å². The number of hydrogen-bond acceptors (Lipinski definition) is 1. The SMILES string of the molecule is NCC1(C(F)(F)c2ccc(Cl)cc2)CCC1. The Morgan fingerprint density at radius 1 is 1.25 bits per heavy atom. The first-order chi connectivity index (χ1) is 7.52. The van der Waals surface area contributed by atoms with Crippen LogP contribution in [0.25, 0.3) is 0 Å². The molecule has 0 amide bonds. The Bertz CT molecular complexity index is 366. The van der Waals surface area contributed by atoms with Gasteiger partial charge in [-0.05, 0) is 25.0 Å². The van der Waals surface area contributed by atoms with Gasteiger partial charge in [0.2, 0.25) is 0 Å². The van der Waals surface area contributed by atoms with Crippen molar-refractivity contribution in [2.75, 3.05) is 6.54 Å². The molecule has 0 bridgehead atoms. The number of hydrogen-bond donors (Lipinski definition) is 1. The Hall–Kier alpha value is -0.670. The zero-order valence-electron chi connectivity index (χ0n) is 8.85. The van der Waals surface area contributed by atoms with E-state index in [0.29, 0.717) is 17.9 Å². The van der Waals surface area contributed by atoms with E-state index in [1.165, 1.54) is 24.3 Å². The second kappa shape index (κ2) is 3.97. The predicted octanol–water partition coefficient (Wildman–Crippen LogP) is 3.56. The largest absolute Gasteiger partial charge is 0.330 e. The van der Waals surface area contributed by atoms with Gasteiger partial charge in [0, 0.05) is 17.1 Å². The Balaban J connectivity index is 2.34. The molecule has 0 spiro atoms. The smallest absolute Gasteiger partial charge is 0.279 e. The average Bonchev–Trinajstić information content (AvgIpc) is 2.17. The summed E-state index contributed by atoms with van der Waals surface area (Å²) in [6.45, 7) is 0.0304. The number of nitrogens with two attached hydrogens (primary N) is 1. The van der Waals surface area contributed by atoms with E-state index in [0.717, 1.165) is 6.42 Å². The van der Waals surface area contributed by atoms with E-state index in [1.54, 1.807) is 0 Å². The molecular formula is C12H14ClF2N. The third kappa shape index (κ3) is 1.62.